The lowest BCUT2D eigenvalue weighted by Crippen LogP contribution is -2.03. The zero-order chi connectivity index (χ0) is 15.7. The van der Waals surface area contributed by atoms with Gasteiger partial charge in [0.15, 0.2) is 11.5 Å². The van der Waals surface area contributed by atoms with E-state index in [0.29, 0.717) is 5.75 Å². The van der Waals surface area contributed by atoms with Gasteiger partial charge in [-0.1, -0.05) is 36.4 Å². The first-order valence-corrected chi connectivity index (χ1v) is 6.18. The van der Waals surface area contributed by atoms with E-state index in [9.17, 15) is 4.79 Å². The molecule has 2 aromatic carbocycles. The fraction of sp³-hybridized carbons (Fsp3) is 0.188. The van der Waals surface area contributed by atoms with Crippen LogP contribution in [-0.2, 0) is 0 Å². The second kappa shape index (κ2) is 8.47. The highest BCUT2D eigenvalue weighted by molar-refractivity contribution is 5.92. The van der Waals surface area contributed by atoms with E-state index in [4.69, 9.17) is 19.3 Å². The molecule has 0 saturated carbocycles. The van der Waals surface area contributed by atoms with Crippen molar-refractivity contribution < 1.29 is 24.1 Å². The topological polar surface area (TPSA) is 65.0 Å². The van der Waals surface area contributed by atoms with Gasteiger partial charge in [0.1, 0.15) is 5.56 Å². The molecule has 0 aliphatic heterocycles. The molecule has 2 aromatic rings. The maximum Gasteiger partial charge on any atom is 0.339 e. The molecule has 0 aliphatic rings. The molecule has 0 radical (unpaired) electrons. The molecule has 1 N–H and O–H groups in total. The second-order valence-electron chi connectivity index (χ2n) is 3.84. The van der Waals surface area contributed by atoms with Crippen LogP contribution in [0.15, 0.2) is 48.5 Å². The van der Waals surface area contributed by atoms with Gasteiger partial charge in [-0.05, 0) is 12.1 Å². The van der Waals surface area contributed by atoms with E-state index in [1.54, 1.807) is 0 Å². The van der Waals surface area contributed by atoms with Crippen molar-refractivity contribution in [1.82, 2.24) is 0 Å². The van der Waals surface area contributed by atoms with Crippen LogP contribution < -0.4 is 14.2 Å². The predicted molar refractivity (Wildman–Crippen MR) is 79.5 cm³/mol. The van der Waals surface area contributed by atoms with Crippen LogP contribution in [0.2, 0.25) is 0 Å². The van der Waals surface area contributed by atoms with Crippen molar-refractivity contribution >= 4 is 5.97 Å². The molecule has 0 saturated heterocycles. The Hall–Kier alpha value is -2.69. The minimum Gasteiger partial charge on any atom is -0.493 e. The number of hydrogen-bond donors (Lipinski definition) is 1. The Morgan fingerprint density at radius 1 is 0.810 bits per heavy atom. The van der Waals surface area contributed by atoms with E-state index in [1.807, 2.05) is 36.4 Å². The van der Waals surface area contributed by atoms with Gasteiger partial charge in [-0.25, -0.2) is 4.79 Å². The number of hydrogen-bond acceptors (Lipinski definition) is 4. The molecule has 0 atom stereocenters. The molecule has 0 fully saturated rings. The highest BCUT2D eigenvalue weighted by Crippen LogP contribution is 2.39. The first-order valence-electron chi connectivity index (χ1n) is 6.18. The molecule has 0 aromatic heterocycles. The van der Waals surface area contributed by atoms with Crippen molar-refractivity contribution in [3.05, 3.63) is 54.1 Å². The third kappa shape index (κ3) is 4.42. The van der Waals surface area contributed by atoms with Crippen LogP contribution in [0, 0.1) is 0 Å². The van der Waals surface area contributed by atoms with Gasteiger partial charge in [-0.2, -0.15) is 0 Å². The lowest BCUT2D eigenvalue weighted by molar-refractivity contribution is 0.0692. The van der Waals surface area contributed by atoms with Crippen LogP contribution in [0.4, 0.5) is 0 Å². The normalized spacial score (nSPS) is 9.10. The Labute approximate surface area is 123 Å². The quantitative estimate of drug-likeness (QED) is 0.937. The summed E-state index contributed by atoms with van der Waals surface area (Å²) in [7, 11) is 4.27. The number of methoxy groups -OCH3 is 3. The summed E-state index contributed by atoms with van der Waals surface area (Å²) >= 11 is 0. The monoisotopic (exact) mass is 290 g/mol. The molecule has 5 heteroatoms. The lowest BCUT2D eigenvalue weighted by Gasteiger charge is -2.13. The predicted octanol–water partition coefficient (Wildman–Crippen LogP) is 3.10. The summed E-state index contributed by atoms with van der Waals surface area (Å²) in [5, 5.41) is 8.90. The van der Waals surface area contributed by atoms with Gasteiger partial charge in [0.2, 0.25) is 5.75 Å². The third-order valence-corrected chi connectivity index (χ3v) is 2.60. The van der Waals surface area contributed by atoms with E-state index in [1.165, 1.54) is 33.5 Å². The van der Waals surface area contributed by atoms with Crippen LogP contribution in [0.5, 0.6) is 17.2 Å². The molecule has 2 rings (SSSR count). The number of rotatable bonds is 4. The molecular formula is C16H18O5. The Morgan fingerprint density at radius 3 is 1.62 bits per heavy atom. The third-order valence-electron chi connectivity index (χ3n) is 2.60. The molecule has 0 spiro atoms. The van der Waals surface area contributed by atoms with Gasteiger partial charge < -0.3 is 19.3 Å². The highest BCUT2D eigenvalue weighted by atomic mass is 16.5. The number of aromatic carboxylic acids is 1. The van der Waals surface area contributed by atoms with Gasteiger partial charge in [-0.15, -0.1) is 0 Å². The van der Waals surface area contributed by atoms with E-state index < -0.39 is 5.97 Å². The Morgan fingerprint density at radius 2 is 1.29 bits per heavy atom. The summed E-state index contributed by atoms with van der Waals surface area (Å²) in [5.41, 5.74) is 0.0372. The van der Waals surface area contributed by atoms with Gasteiger partial charge in [0, 0.05) is 0 Å². The van der Waals surface area contributed by atoms with E-state index in [0.717, 1.165) is 0 Å². The van der Waals surface area contributed by atoms with Gasteiger partial charge in [0.05, 0.1) is 21.3 Å². The molecule has 0 aliphatic carbocycles. The molecule has 0 unspecified atom stereocenters. The minimum absolute atomic E-state index is 0.0372. The maximum absolute atomic E-state index is 10.9. The number of ether oxygens (including phenoxy) is 3. The summed E-state index contributed by atoms with van der Waals surface area (Å²) in [6.07, 6.45) is 0. The largest absolute Gasteiger partial charge is 0.493 e. The molecule has 0 heterocycles. The molecule has 21 heavy (non-hydrogen) atoms. The smallest absolute Gasteiger partial charge is 0.339 e. The summed E-state index contributed by atoms with van der Waals surface area (Å²) in [5.74, 6) is -0.212. The van der Waals surface area contributed by atoms with Crippen molar-refractivity contribution in [2.24, 2.45) is 0 Å². The molecule has 0 bridgehead atoms. The van der Waals surface area contributed by atoms with Crippen LogP contribution in [0.3, 0.4) is 0 Å². The maximum atomic E-state index is 10.9. The second-order valence-corrected chi connectivity index (χ2v) is 3.84. The minimum atomic E-state index is -1.08. The van der Waals surface area contributed by atoms with Crippen LogP contribution >= 0.6 is 0 Å². The average molecular weight is 290 g/mol. The highest BCUT2D eigenvalue weighted by Gasteiger charge is 2.19. The number of carboxylic acid groups (broad SMARTS) is 1. The number of benzene rings is 2. The summed E-state index contributed by atoms with van der Waals surface area (Å²) in [4.78, 5) is 10.9. The Balaban J connectivity index is 0.000000304. The molecule has 0 amide bonds. The van der Waals surface area contributed by atoms with Crippen molar-refractivity contribution in [2.75, 3.05) is 21.3 Å². The molecular weight excluding hydrogens is 272 g/mol. The van der Waals surface area contributed by atoms with Crippen molar-refractivity contribution in [3.8, 4) is 17.2 Å². The molecule has 5 nitrogen and oxygen atoms in total. The fourth-order valence-corrected chi connectivity index (χ4v) is 1.65. The van der Waals surface area contributed by atoms with Crippen molar-refractivity contribution in [1.29, 1.82) is 0 Å². The molecule has 112 valence electrons. The van der Waals surface area contributed by atoms with Crippen molar-refractivity contribution in [2.45, 2.75) is 0 Å². The first kappa shape index (κ1) is 16.4. The summed E-state index contributed by atoms with van der Waals surface area (Å²) in [6.45, 7) is 0. The summed E-state index contributed by atoms with van der Waals surface area (Å²) in [6, 6.07) is 14.9. The van der Waals surface area contributed by atoms with E-state index >= 15 is 0 Å². The van der Waals surface area contributed by atoms with Gasteiger partial charge in [0.25, 0.3) is 0 Å². The van der Waals surface area contributed by atoms with Gasteiger partial charge in [-0.3, -0.25) is 0 Å². The number of carbonyl (C=O) groups is 1. The first-order chi connectivity index (χ1) is 10.2. The lowest BCUT2D eigenvalue weighted by atomic mass is 10.1. The van der Waals surface area contributed by atoms with Crippen LogP contribution in [-0.4, -0.2) is 32.4 Å². The van der Waals surface area contributed by atoms with E-state index in [-0.39, 0.29) is 17.1 Å². The fourth-order valence-electron chi connectivity index (χ4n) is 1.65. The van der Waals surface area contributed by atoms with Crippen LogP contribution in [0.25, 0.3) is 0 Å². The van der Waals surface area contributed by atoms with E-state index in [2.05, 4.69) is 0 Å². The van der Waals surface area contributed by atoms with Crippen molar-refractivity contribution in [3.63, 3.8) is 0 Å². The SMILES string of the molecule is COc1ccc(C(=O)O)c(OC)c1OC.c1ccccc1. The Kier molecular flexibility index (Phi) is 6.60. The summed E-state index contributed by atoms with van der Waals surface area (Å²) < 4.78 is 15.0. The zero-order valence-corrected chi connectivity index (χ0v) is 12.2. The Bertz CT molecular complexity index is 540. The average Bonchev–Trinajstić information content (AvgIpc) is 2.55. The number of carboxylic acids is 1. The van der Waals surface area contributed by atoms with Gasteiger partial charge >= 0.3 is 5.97 Å². The standard InChI is InChI=1S/C10H12O5.C6H6/c1-13-7-5-4-6(10(11)12)8(14-2)9(7)15-3;1-2-4-6-5-3-1/h4-5H,1-3H3,(H,11,12);1-6H. The zero-order valence-electron chi connectivity index (χ0n) is 12.2. The van der Waals surface area contributed by atoms with Crippen LogP contribution in [0.1, 0.15) is 10.4 Å².